The molecule has 0 saturated heterocycles. The number of carbonyl (C=O) groups is 3. The average molecular weight is 657 g/mol. The lowest BCUT2D eigenvalue weighted by Gasteiger charge is -2.37. The van der Waals surface area contributed by atoms with Gasteiger partial charge in [0.2, 0.25) is 0 Å². The summed E-state index contributed by atoms with van der Waals surface area (Å²) >= 11 is 12.3. The van der Waals surface area contributed by atoms with Crippen LogP contribution in [0.25, 0.3) is 0 Å². The maximum atomic E-state index is 13.1. The van der Waals surface area contributed by atoms with Crippen molar-refractivity contribution in [3.05, 3.63) is 88.0 Å². The molecule has 9 nitrogen and oxygen atoms in total. The Labute approximate surface area is 274 Å². The molecule has 1 fully saturated rings. The number of halogens is 2. The Bertz CT molecular complexity index is 1430. The second-order valence-corrected chi connectivity index (χ2v) is 12.8. The van der Waals surface area contributed by atoms with Gasteiger partial charge in [-0.2, -0.15) is 0 Å². The van der Waals surface area contributed by atoms with Crippen LogP contribution in [0.1, 0.15) is 62.4 Å². The van der Waals surface area contributed by atoms with E-state index in [1.807, 2.05) is 63.2 Å². The molecule has 1 atom stereocenters. The van der Waals surface area contributed by atoms with Crippen LogP contribution in [0.2, 0.25) is 10.0 Å². The van der Waals surface area contributed by atoms with Crippen molar-refractivity contribution in [1.82, 2.24) is 10.3 Å². The van der Waals surface area contributed by atoms with E-state index >= 15 is 0 Å². The SMILES string of the molecule is COC(=O)[C@H](Cc1ccc(OCC2CCC(N(C(=O)OC(C)(C)C)c3ccccn3)CC2)cc1)NC(=O)c1c(Cl)cccc1Cl. The number of carbonyl (C=O) groups excluding carboxylic acids is 3. The molecule has 1 N–H and O–H groups in total. The van der Waals surface area contributed by atoms with Gasteiger partial charge >= 0.3 is 12.1 Å². The molecule has 1 heterocycles. The number of rotatable bonds is 10. The van der Waals surface area contributed by atoms with Gasteiger partial charge in [-0.25, -0.2) is 14.6 Å². The summed E-state index contributed by atoms with van der Waals surface area (Å²) in [7, 11) is 1.27. The zero-order chi connectivity index (χ0) is 32.6. The predicted octanol–water partition coefficient (Wildman–Crippen LogP) is 7.28. The Balaban J connectivity index is 1.31. The third-order valence-corrected chi connectivity index (χ3v) is 8.13. The van der Waals surface area contributed by atoms with Gasteiger partial charge in [0.05, 0.1) is 29.3 Å². The summed E-state index contributed by atoms with van der Waals surface area (Å²) in [5.74, 6) is 0.473. The number of hydrogen-bond donors (Lipinski definition) is 1. The number of aromatic nitrogens is 1. The number of ether oxygens (including phenoxy) is 3. The topological polar surface area (TPSA) is 107 Å². The molecule has 1 aliphatic rings. The highest BCUT2D eigenvalue weighted by Crippen LogP contribution is 2.32. The monoisotopic (exact) mass is 655 g/mol. The second kappa shape index (κ2) is 15.5. The van der Waals surface area contributed by atoms with Gasteiger partial charge in [-0.3, -0.25) is 9.69 Å². The molecule has 2 amide bonds. The number of benzene rings is 2. The number of nitrogens with one attached hydrogen (secondary N) is 1. The van der Waals surface area contributed by atoms with Crippen molar-refractivity contribution in [2.75, 3.05) is 18.6 Å². The third-order valence-electron chi connectivity index (χ3n) is 7.50. The van der Waals surface area contributed by atoms with E-state index in [2.05, 4.69) is 10.3 Å². The van der Waals surface area contributed by atoms with E-state index < -0.39 is 23.5 Å². The number of nitrogens with zero attached hydrogens (tertiary/aromatic N) is 2. The summed E-state index contributed by atoms with van der Waals surface area (Å²) in [4.78, 5) is 44.6. The van der Waals surface area contributed by atoms with Crippen LogP contribution in [0.15, 0.2) is 66.9 Å². The minimum atomic E-state index is -0.942. The molecule has 3 aromatic rings. The largest absolute Gasteiger partial charge is 0.493 e. The van der Waals surface area contributed by atoms with E-state index in [-0.39, 0.29) is 34.2 Å². The van der Waals surface area contributed by atoms with Crippen LogP contribution in [0.4, 0.5) is 10.6 Å². The van der Waals surface area contributed by atoms with Crippen molar-refractivity contribution < 1.29 is 28.6 Å². The molecule has 0 bridgehead atoms. The molecule has 1 saturated carbocycles. The fourth-order valence-electron chi connectivity index (χ4n) is 5.26. The lowest BCUT2D eigenvalue weighted by molar-refractivity contribution is -0.142. The Hall–Kier alpha value is -3.82. The molecule has 2 aromatic carbocycles. The first-order valence-electron chi connectivity index (χ1n) is 14.9. The summed E-state index contributed by atoms with van der Waals surface area (Å²) in [6.45, 7) is 6.12. The lowest BCUT2D eigenvalue weighted by Crippen LogP contribution is -2.46. The number of amides is 2. The third kappa shape index (κ3) is 9.58. The maximum absolute atomic E-state index is 13.1. The summed E-state index contributed by atoms with van der Waals surface area (Å²) in [5, 5.41) is 3.06. The quantitative estimate of drug-likeness (QED) is 0.229. The fourth-order valence-corrected chi connectivity index (χ4v) is 5.83. The molecule has 11 heteroatoms. The highest BCUT2D eigenvalue weighted by atomic mass is 35.5. The molecule has 0 aliphatic heterocycles. The second-order valence-electron chi connectivity index (χ2n) is 12.0. The summed E-state index contributed by atoms with van der Waals surface area (Å²) < 4.78 is 16.7. The van der Waals surface area contributed by atoms with Crippen molar-refractivity contribution in [3.63, 3.8) is 0 Å². The number of pyridine rings is 1. The van der Waals surface area contributed by atoms with Crippen LogP contribution in [-0.4, -0.2) is 54.4 Å². The highest BCUT2D eigenvalue weighted by Gasteiger charge is 2.34. The van der Waals surface area contributed by atoms with E-state index in [0.29, 0.717) is 24.1 Å². The van der Waals surface area contributed by atoms with E-state index in [0.717, 1.165) is 31.2 Å². The van der Waals surface area contributed by atoms with Crippen LogP contribution in [0.5, 0.6) is 5.75 Å². The minimum Gasteiger partial charge on any atom is -0.493 e. The highest BCUT2D eigenvalue weighted by molar-refractivity contribution is 6.39. The normalized spacial score (nSPS) is 17.1. The maximum Gasteiger partial charge on any atom is 0.416 e. The number of methoxy groups -OCH3 is 1. The summed E-state index contributed by atoms with van der Waals surface area (Å²) in [6.07, 6.45) is 4.90. The fraction of sp³-hybridized carbons (Fsp3) is 0.412. The van der Waals surface area contributed by atoms with E-state index in [4.69, 9.17) is 37.4 Å². The van der Waals surface area contributed by atoms with Gasteiger partial charge in [-0.05, 0) is 94.3 Å². The first-order valence-corrected chi connectivity index (χ1v) is 15.7. The smallest absolute Gasteiger partial charge is 0.416 e. The van der Waals surface area contributed by atoms with Crippen molar-refractivity contribution in [1.29, 1.82) is 0 Å². The number of hydrogen-bond acceptors (Lipinski definition) is 7. The van der Waals surface area contributed by atoms with Crippen LogP contribution in [0.3, 0.4) is 0 Å². The number of anilines is 1. The van der Waals surface area contributed by atoms with E-state index in [1.54, 1.807) is 29.3 Å². The van der Waals surface area contributed by atoms with Crippen LogP contribution in [0, 0.1) is 5.92 Å². The van der Waals surface area contributed by atoms with Gasteiger partial charge in [0.1, 0.15) is 23.2 Å². The predicted molar refractivity (Wildman–Crippen MR) is 174 cm³/mol. The molecule has 1 aromatic heterocycles. The van der Waals surface area contributed by atoms with Crippen molar-refractivity contribution in [2.24, 2.45) is 5.92 Å². The Morgan fingerprint density at radius 2 is 1.62 bits per heavy atom. The molecule has 1 aliphatic carbocycles. The molecular weight excluding hydrogens is 617 g/mol. The lowest BCUT2D eigenvalue weighted by atomic mass is 9.86. The molecule has 0 unspecified atom stereocenters. The zero-order valence-electron chi connectivity index (χ0n) is 25.9. The molecule has 240 valence electrons. The van der Waals surface area contributed by atoms with Crippen LogP contribution in [-0.2, 0) is 20.7 Å². The van der Waals surface area contributed by atoms with Gasteiger partial charge < -0.3 is 19.5 Å². The van der Waals surface area contributed by atoms with Gasteiger partial charge in [-0.15, -0.1) is 0 Å². The first-order chi connectivity index (χ1) is 21.4. The standard InChI is InChI=1S/C34H39Cl2N3O6/c1-34(2,3)45-33(42)39(29-10-5-6-19-37-29)24-15-11-23(12-16-24)21-44-25-17-13-22(14-18-25)20-28(32(41)43-4)38-31(40)30-26(35)8-7-9-27(30)36/h5-10,13-14,17-19,23-24,28H,11-12,15-16,20-21H2,1-4H3,(H,38,40)/t23?,24?,28-/m0/s1. The van der Waals surface area contributed by atoms with E-state index in [1.165, 1.54) is 7.11 Å². The van der Waals surface area contributed by atoms with Crippen molar-refractivity contribution in [2.45, 2.75) is 70.6 Å². The Morgan fingerprint density at radius 1 is 0.956 bits per heavy atom. The van der Waals surface area contributed by atoms with Gasteiger partial charge in [0.25, 0.3) is 5.91 Å². The summed E-state index contributed by atoms with van der Waals surface area (Å²) in [6, 6.07) is 16.7. The molecule has 45 heavy (non-hydrogen) atoms. The van der Waals surface area contributed by atoms with Gasteiger partial charge in [-0.1, -0.05) is 47.5 Å². The van der Waals surface area contributed by atoms with Crippen LogP contribution < -0.4 is 15.0 Å². The Morgan fingerprint density at radius 3 is 2.20 bits per heavy atom. The summed E-state index contributed by atoms with van der Waals surface area (Å²) in [5.41, 5.74) is 0.297. The zero-order valence-corrected chi connectivity index (χ0v) is 27.4. The molecule has 0 radical (unpaired) electrons. The average Bonchev–Trinajstić information content (AvgIpc) is 3.00. The first kappa shape index (κ1) is 34.1. The van der Waals surface area contributed by atoms with E-state index in [9.17, 15) is 14.4 Å². The van der Waals surface area contributed by atoms with Crippen molar-refractivity contribution >= 4 is 47.0 Å². The molecule has 4 rings (SSSR count). The van der Waals surface area contributed by atoms with Crippen molar-refractivity contribution in [3.8, 4) is 5.75 Å². The molecule has 0 spiro atoms. The van der Waals surface area contributed by atoms with Crippen LogP contribution >= 0.6 is 23.2 Å². The van der Waals surface area contributed by atoms with Gasteiger partial charge in [0.15, 0.2) is 0 Å². The molecular formula is C34H39Cl2N3O6. The minimum absolute atomic E-state index is 0.0116. The Kier molecular flexibility index (Phi) is 11.7. The van der Waals surface area contributed by atoms with Gasteiger partial charge in [0, 0.05) is 18.7 Å². The number of esters is 1.